The molecule has 8 nitrogen and oxygen atoms in total. The van der Waals surface area contributed by atoms with Gasteiger partial charge in [-0.25, -0.2) is 10.2 Å². The summed E-state index contributed by atoms with van der Waals surface area (Å²) in [6, 6.07) is 13.8. The van der Waals surface area contributed by atoms with Crippen molar-refractivity contribution in [2.24, 2.45) is 5.10 Å². The lowest BCUT2D eigenvalue weighted by Crippen LogP contribution is -2.26. The van der Waals surface area contributed by atoms with Crippen LogP contribution in [0.1, 0.15) is 29.3 Å². The quantitative estimate of drug-likeness (QED) is 0.405. The second-order valence-corrected chi connectivity index (χ2v) is 6.25. The van der Waals surface area contributed by atoms with Crippen molar-refractivity contribution >= 4 is 29.2 Å². The number of methoxy groups -OCH3 is 1. The first-order chi connectivity index (χ1) is 13.9. The van der Waals surface area contributed by atoms with Crippen molar-refractivity contribution in [3.8, 4) is 5.75 Å². The van der Waals surface area contributed by atoms with Crippen LogP contribution in [0.4, 0.5) is 5.69 Å². The fourth-order valence-electron chi connectivity index (χ4n) is 2.32. The van der Waals surface area contributed by atoms with Crippen LogP contribution < -0.4 is 15.5 Å². The van der Waals surface area contributed by atoms with Gasteiger partial charge in [0.05, 0.1) is 24.8 Å². The average Bonchev–Trinajstić information content (AvgIpc) is 2.71. The normalized spacial score (nSPS) is 10.8. The Morgan fingerprint density at radius 1 is 1.00 bits per heavy atom. The van der Waals surface area contributed by atoms with Crippen molar-refractivity contribution < 1.29 is 23.9 Å². The summed E-state index contributed by atoms with van der Waals surface area (Å²) in [6.45, 7) is 3.36. The molecule has 2 rings (SSSR count). The van der Waals surface area contributed by atoms with Gasteiger partial charge in [0.25, 0.3) is 5.91 Å². The third-order valence-corrected chi connectivity index (χ3v) is 3.79. The van der Waals surface area contributed by atoms with E-state index in [1.807, 2.05) is 19.1 Å². The van der Waals surface area contributed by atoms with Crippen LogP contribution in [0.2, 0.25) is 0 Å². The van der Waals surface area contributed by atoms with Gasteiger partial charge < -0.3 is 14.8 Å². The molecule has 2 N–H and O–H groups in total. The second-order valence-electron chi connectivity index (χ2n) is 6.25. The maximum absolute atomic E-state index is 12.2. The molecule has 0 aliphatic heterocycles. The summed E-state index contributed by atoms with van der Waals surface area (Å²) >= 11 is 0. The van der Waals surface area contributed by atoms with Crippen molar-refractivity contribution in [3.63, 3.8) is 0 Å². The van der Waals surface area contributed by atoms with E-state index in [0.717, 1.165) is 5.56 Å². The molecule has 0 aromatic heterocycles. The minimum Gasteiger partial charge on any atom is -0.484 e. The predicted octanol–water partition coefficient (Wildman–Crippen LogP) is 2.68. The lowest BCUT2D eigenvalue weighted by Gasteiger charge is -2.09. The smallest absolute Gasteiger partial charge is 0.339 e. The minimum absolute atomic E-state index is 0.0609. The van der Waals surface area contributed by atoms with E-state index in [2.05, 4.69) is 15.8 Å². The lowest BCUT2D eigenvalue weighted by atomic mass is 10.1. The molecule has 0 unspecified atom stereocenters. The average molecular weight is 397 g/mol. The minimum atomic E-state index is -0.549. The molecule has 29 heavy (non-hydrogen) atoms. The molecule has 0 atom stereocenters. The predicted molar refractivity (Wildman–Crippen MR) is 109 cm³/mol. The summed E-state index contributed by atoms with van der Waals surface area (Å²) in [5.74, 6) is -0.795. The largest absolute Gasteiger partial charge is 0.484 e. The Kier molecular flexibility index (Phi) is 7.90. The van der Waals surface area contributed by atoms with E-state index in [-0.39, 0.29) is 24.5 Å². The third kappa shape index (κ3) is 7.10. The number of anilines is 1. The highest BCUT2D eigenvalue weighted by atomic mass is 16.5. The molecular weight excluding hydrogens is 374 g/mol. The number of rotatable bonds is 8. The summed E-state index contributed by atoms with van der Waals surface area (Å²) < 4.78 is 10.0. The molecule has 0 fully saturated rings. The molecule has 0 heterocycles. The van der Waals surface area contributed by atoms with Crippen molar-refractivity contribution in [2.45, 2.75) is 20.3 Å². The molecule has 2 aromatic carbocycles. The number of carbonyl (C=O) groups is 3. The number of nitrogens with one attached hydrogen (secondary N) is 2. The summed E-state index contributed by atoms with van der Waals surface area (Å²) in [4.78, 5) is 35.7. The Balaban J connectivity index is 1.83. The number of esters is 1. The SMILES string of the molecule is COC(=O)c1ccccc1NC(=O)CC(C)=NNC(=O)COc1ccc(C)cc1. The van der Waals surface area contributed by atoms with Crippen molar-refractivity contribution in [1.29, 1.82) is 0 Å². The van der Waals surface area contributed by atoms with E-state index in [9.17, 15) is 14.4 Å². The topological polar surface area (TPSA) is 106 Å². The Bertz CT molecular complexity index is 907. The molecule has 8 heteroatoms. The number of amides is 2. The van der Waals surface area contributed by atoms with E-state index in [1.54, 1.807) is 43.3 Å². The van der Waals surface area contributed by atoms with Gasteiger partial charge in [0.1, 0.15) is 5.75 Å². The molecule has 0 saturated heterocycles. The zero-order chi connectivity index (χ0) is 21.2. The van der Waals surface area contributed by atoms with Crippen LogP contribution in [0.3, 0.4) is 0 Å². The van der Waals surface area contributed by atoms with E-state index < -0.39 is 11.9 Å². The number of hydrazone groups is 1. The molecule has 0 bridgehead atoms. The Hall–Kier alpha value is -3.68. The summed E-state index contributed by atoms with van der Waals surface area (Å²) in [7, 11) is 1.27. The highest BCUT2D eigenvalue weighted by Gasteiger charge is 2.13. The van der Waals surface area contributed by atoms with Gasteiger partial charge in [-0.15, -0.1) is 0 Å². The maximum Gasteiger partial charge on any atom is 0.339 e. The Morgan fingerprint density at radius 3 is 2.38 bits per heavy atom. The molecule has 0 aliphatic carbocycles. The molecule has 152 valence electrons. The van der Waals surface area contributed by atoms with Gasteiger partial charge >= 0.3 is 5.97 Å². The fourth-order valence-corrected chi connectivity index (χ4v) is 2.32. The molecule has 0 saturated carbocycles. The highest BCUT2D eigenvalue weighted by molar-refractivity contribution is 6.08. The Labute approximate surface area is 168 Å². The van der Waals surface area contributed by atoms with Gasteiger partial charge in [-0.05, 0) is 38.1 Å². The van der Waals surface area contributed by atoms with E-state index in [1.165, 1.54) is 7.11 Å². The van der Waals surface area contributed by atoms with Crippen LogP contribution in [0.5, 0.6) is 5.75 Å². The number of benzene rings is 2. The number of aryl methyl sites for hydroxylation is 1. The van der Waals surface area contributed by atoms with Gasteiger partial charge in [0.15, 0.2) is 6.61 Å². The monoisotopic (exact) mass is 397 g/mol. The molecule has 0 radical (unpaired) electrons. The summed E-state index contributed by atoms with van der Waals surface area (Å²) in [5, 5.41) is 6.53. The lowest BCUT2D eigenvalue weighted by molar-refractivity contribution is -0.123. The van der Waals surface area contributed by atoms with Gasteiger partial charge in [-0.3, -0.25) is 9.59 Å². The number of para-hydroxylation sites is 1. The van der Waals surface area contributed by atoms with Crippen LogP contribution in [-0.4, -0.2) is 37.2 Å². The summed E-state index contributed by atoms with van der Waals surface area (Å²) in [6.07, 6.45) is -0.0609. The van der Waals surface area contributed by atoms with Gasteiger partial charge in [-0.2, -0.15) is 5.10 Å². The number of ether oxygens (including phenoxy) is 2. The molecular formula is C21H23N3O5. The van der Waals surface area contributed by atoms with Crippen LogP contribution >= 0.6 is 0 Å². The highest BCUT2D eigenvalue weighted by Crippen LogP contribution is 2.16. The van der Waals surface area contributed by atoms with Crippen LogP contribution in [0.25, 0.3) is 0 Å². The zero-order valence-corrected chi connectivity index (χ0v) is 16.5. The first kappa shape index (κ1) is 21.6. The fraction of sp³-hybridized carbons (Fsp3) is 0.238. The number of hydrogen-bond acceptors (Lipinski definition) is 6. The van der Waals surface area contributed by atoms with Crippen molar-refractivity contribution in [1.82, 2.24) is 5.43 Å². The number of nitrogens with zero attached hydrogens (tertiary/aromatic N) is 1. The van der Waals surface area contributed by atoms with Gasteiger partial charge in [0.2, 0.25) is 5.91 Å². The van der Waals surface area contributed by atoms with E-state index in [0.29, 0.717) is 17.1 Å². The molecule has 2 amide bonds. The Morgan fingerprint density at radius 2 is 1.69 bits per heavy atom. The van der Waals surface area contributed by atoms with Crippen LogP contribution in [-0.2, 0) is 14.3 Å². The molecule has 0 aliphatic rings. The van der Waals surface area contributed by atoms with E-state index >= 15 is 0 Å². The molecule has 2 aromatic rings. The van der Waals surface area contributed by atoms with Crippen LogP contribution in [0, 0.1) is 6.92 Å². The third-order valence-electron chi connectivity index (χ3n) is 3.79. The van der Waals surface area contributed by atoms with Crippen molar-refractivity contribution in [2.75, 3.05) is 19.0 Å². The number of hydrogen-bond donors (Lipinski definition) is 2. The van der Waals surface area contributed by atoms with Gasteiger partial charge in [-0.1, -0.05) is 29.8 Å². The summed E-state index contributed by atoms with van der Waals surface area (Å²) in [5.41, 5.74) is 4.41. The number of carbonyl (C=O) groups excluding carboxylic acids is 3. The first-order valence-corrected chi connectivity index (χ1v) is 8.87. The standard InChI is InChI=1S/C21H23N3O5/c1-14-8-10-16(11-9-14)29-13-20(26)24-23-15(2)12-19(25)22-18-7-5-4-6-17(18)21(27)28-3/h4-11H,12-13H2,1-3H3,(H,22,25)(H,24,26). The maximum atomic E-state index is 12.2. The molecule has 0 spiro atoms. The zero-order valence-electron chi connectivity index (χ0n) is 16.5. The van der Waals surface area contributed by atoms with Gasteiger partial charge in [0, 0.05) is 5.71 Å². The second kappa shape index (κ2) is 10.6. The van der Waals surface area contributed by atoms with E-state index in [4.69, 9.17) is 9.47 Å². The van der Waals surface area contributed by atoms with Crippen LogP contribution in [0.15, 0.2) is 53.6 Å². The van der Waals surface area contributed by atoms with Crippen molar-refractivity contribution in [3.05, 3.63) is 59.7 Å². The first-order valence-electron chi connectivity index (χ1n) is 8.87.